The van der Waals surface area contributed by atoms with E-state index in [0.29, 0.717) is 28.0 Å². The maximum atomic E-state index is 9.22. The van der Waals surface area contributed by atoms with Crippen LogP contribution in [0, 0.1) is 0 Å². The van der Waals surface area contributed by atoms with Crippen LogP contribution < -0.4 is 4.74 Å². The molecule has 0 bridgehead atoms. The maximum absolute atomic E-state index is 9.22. The molecule has 1 aromatic carbocycles. The molecule has 0 fully saturated rings. The Hall–Kier alpha value is -1.29. The van der Waals surface area contributed by atoms with Gasteiger partial charge in [-0.05, 0) is 24.3 Å². The van der Waals surface area contributed by atoms with E-state index in [2.05, 4.69) is 4.98 Å². The van der Waals surface area contributed by atoms with E-state index >= 15 is 0 Å². The first-order chi connectivity index (χ1) is 8.70. The Kier molecular flexibility index (Phi) is 4.42. The first-order valence-electron chi connectivity index (χ1n) is 5.31. The van der Waals surface area contributed by atoms with Gasteiger partial charge in [0.15, 0.2) is 0 Å². The van der Waals surface area contributed by atoms with Crippen molar-refractivity contribution in [3.8, 4) is 5.75 Å². The van der Waals surface area contributed by atoms with E-state index in [1.165, 1.54) is 0 Å². The number of hydrogen-bond acceptors (Lipinski definition) is 3. The summed E-state index contributed by atoms with van der Waals surface area (Å²) in [5.74, 6) is 0.592. The summed E-state index contributed by atoms with van der Waals surface area (Å²) in [6.45, 7) is 0.190. The summed E-state index contributed by atoms with van der Waals surface area (Å²) in [4.78, 5) is 3.90. The van der Waals surface area contributed by atoms with Crippen LogP contribution in [0.25, 0.3) is 0 Å². The second-order valence-electron chi connectivity index (χ2n) is 3.67. The van der Waals surface area contributed by atoms with Gasteiger partial charge in [-0.3, -0.25) is 4.98 Å². The van der Waals surface area contributed by atoms with Crippen LogP contribution >= 0.6 is 23.2 Å². The van der Waals surface area contributed by atoms with Crippen LogP contribution in [0.5, 0.6) is 5.75 Å². The average molecular weight is 284 g/mol. The monoisotopic (exact) mass is 283 g/mol. The zero-order valence-corrected chi connectivity index (χ0v) is 10.9. The van der Waals surface area contributed by atoms with E-state index in [-0.39, 0.29) is 6.61 Å². The number of ether oxygens (including phenoxy) is 1. The molecule has 0 unspecified atom stereocenters. The van der Waals surface area contributed by atoms with Gasteiger partial charge in [-0.2, -0.15) is 0 Å². The van der Waals surface area contributed by atoms with Crippen molar-refractivity contribution in [3.05, 3.63) is 57.8 Å². The summed E-state index contributed by atoms with van der Waals surface area (Å²) in [6, 6.07) is 6.90. The van der Waals surface area contributed by atoms with Gasteiger partial charge >= 0.3 is 0 Å². The Morgan fingerprint density at radius 2 is 2.00 bits per heavy atom. The third-order valence-corrected chi connectivity index (χ3v) is 3.01. The predicted octanol–water partition coefficient (Wildman–Crippen LogP) is 3.46. The molecule has 0 saturated heterocycles. The summed E-state index contributed by atoms with van der Waals surface area (Å²) in [5, 5.41) is 10.3. The fraction of sp³-hybridized carbons (Fsp3) is 0.154. The fourth-order valence-electron chi connectivity index (χ4n) is 1.49. The highest BCUT2D eigenvalue weighted by Gasteiger charge is 2.06. The van der Waals surface area contributed by atoms with Crippen LogP contribution in [0.3, 0.4) is 0 Å². The summed E-state index contributed by atoms with van der Waals surface area (Å²) < 4.78 is 5.62. The highest BCUT2D eigenvalue weighted by atomic mass is 35.5. The van der Waals surface area contributed by atoms with Crippen LogP contribution in [-0.4, -0.2) is 10.1 Å². The minimum atomic E-state index is -0.125. The van der Waals surface area contributed by atoms with Crippen LogP contribution in [-0.2, 0) is 13.2 Å². The molecule has 0 radical (unpaired) electrons. The van der Waals surface area contributed by atoms with Crippen molar-refractivity contribution in [2.24, 2.45) is 0 Å². The van der Waals surface area contributed by atoms with E-state index in [4.69, 9.17) is 27.9 Å². The van der Waals surface area contributed by atoms with Gasteiger partial charge in [0.25, 0.3) is 0 Å². The Morgan fingerprint density at radius 3 is 2.72 bits per heavy atom. The predicted molar refractivity (Wildman–Crippen MR) is 71.0 cm³/mol. The molecular formula is C13H11Cl2NO2. The van der Waals surface area contributed by atoms with Crippen molar-refractivity contribution in [1.29, 1.82) is 0 Å². The van der Waals surface area contributed by atoms with E-state index in [1.807, 2.05) is 0 Å². The molecule has 3 nitrogen and oxygen atoms in total. The van der Waals surface area contributed by atoms with Gasteiger partial charge in [-0.15, -0.1) is 0 Å². The van der Waals surface area contributed by atoms with Crippen molar-refractivity contribution in [2.75, 3.05) is 0 Å². The number of aliphatic hydroxyl groups is 1. The summed E-state index contributed by atoms with van der Waals surface area (Å²) in [6.07, 6.45) is 3.22. The van der Waals surface area contributed by atoms with E-state index in [1.54, 1.807) is 36.7 Å². The topological polar surface area (TPSA) is 42.4 Å². The lowest BCUT2D eigenvalue weighted by molar-refractivity contribution is 0.259. The summed E-state index contributed by atoms with van der Waals surface area (Å²) in [7, 11) is 0. The number of hydrogen-bond donors (Lipinski definition) is 1. The molecule has 0 atom stereocenters. The first-order valence-corrected chi connectivity index (χ1v) is 6.07. The molecule has 0 aliphatic rings. The maximum Gasteiger partial charge on any atom is 0.125 e. The lowest BCUT2D eigenvalue weighted by Gasteiger charge is -2.11. The SMILES string of the molecule is OCc1cc(Cl)ccc1OCc1ccncc1Cl. The first kappa shape index (κ1) is 13.1. The smallest absolute Gasteiger partial charge is 0.125 e. The largest absolute Gasteiger partial charge is 0.488 e. The van der Waals surface area contributed by atoms with E-state index in [0.717, 1.165) is 5.56 Å². The molecule has 5 heteroatoms. The number of pyridine rings is 1. The molecule has 0 saturated carbocycles. The van der Waals surface area contributed by atoms with Crippen molar-refractivity contribution in [2.45, 2.75) is 13.2 Å². The summed E-state index contributed by atoms with van der Waals surface area (Å²) >= 11 is 11.8. The van der Waals surface area contributed by atoms with Crippen molar-refractivity contribution < 1.29 is 9.84 Å². The Balaban J connectivity index is 2.13. The number of aliphatic hydroxyl groups excluding tert-OH is 1. The molecule has 1 aromatic heterocycles. The van der Waals surface area contributed by atoms with Crippen LogP contribution in [0.4, 0.5) is 0 Å². The van der Waals surface area contributed by atoms with Gasteiger partial charge in [-0.25, -0.2) is 0 Å². The van der Waals surface area contributed by atoms with Crippen LogP contribution in [0.1, 0.15) is 11.1 Å². The molecule has 2 rings (SSSR count). The Labute approximate surface area is 115 Å². The standard InChI is InChI=1S/C13H11Cl2NO2/c14-11-1-2-13(10(5-11)7-17)18-8-9-3-4-16-6-12(9)15/h1-6,17H,7-8H2. The molecule has 1 heterocycles. The number of benzene rings is 1. The van der Waals surface area contributed by atoms with Gasteiger partial charge in [0.1, 0.15) is 12.4 Å². The fourth-order valence-corrected chi connectivity index (χ4v) is 1.86. The average Bonchev–Trinajstić information content (AvgIpc) is 2.39. The molecule has 0 spiro atoms. The van der Waals surface area contributed by atoms with Crippen LogP contribution in [0.15, 0.2) is 36.7 Å². The van der Waals surface area contributed by atoms with Gasteiger partial charge in [-0.1, -0.05) is 23.2 Å². The quantitative estimate of drug-likeness (QED) is 0.934. The minimum Gasteiger partial charge on any atom is -0.488 e. The lowest BCUT2D eigenvalue weighted by Crippen LogP contribution is -1.99. The van der Waals surface area contributed by atoms with Gasteiger partial charge < -0.3 is 9.84 Å². The van der Waals surface area contributed by atoms with E-state index in [9.17, 15) is 5.11 Å². The Morgan fingerprint density at radius 1 is 1.17 bits per heavy atom. The normalized spacial score (nSPS) is 10.4. The van der Waals surface area contributed by atoms with E-state index < -0.39 is 0 Å². The second-order valence-corrected chi connectivity index (χ2v) is 4.51. The van der Waals surface area contributed by atoms with Crippen molar-refractivity contribution >= 4 is 23.2 Å². The molecule has 94 valence electrons. The number of rotatable bonds is 4. The van der Waals surface area contributed by atoms with Gasteiger partial charge in [0.05, 0.1) is 11.6 Å². The Bertz CT molecular complexity index is 546. The molecule has 0 amide bonds. The third-order valence-electron chi connectivity index (χ3n) is 2.43. The van der Waals surface area contributed by atoms with Crippen molar-refractivity contribution in [1.82, 2.24) is 4.98 Å². The zero-order valence-electron chi connectivity index (χ0n) is 9.44. The highest BCUT2D eigenvalue weighted by molar-refractivity contribution is 6.31. The molecule has 1 N–H and O–H groups in total. The molecule has 18 heavy (non-hydrogen) atoms. The van der Waals surface area contributed by atoms with Gasteiger partial charge in [0, 0.05) is 28.5 Å². The number of aromatic nitrogens is 1. The molecular weight excluding hydrogens is 273 g/mol. The third kappa shape index (κ3) is 3.13. The molecule has 0 aliphatic carbocycles. The van der Waals surface area contributed by atoms with Gasteiger partial charge in [0.2, 0.25) is 0 Å². The minimum absolute atomic E-state index is 0.125. The number of halogens is 2. The number of nitrogens with zero attached hydrogens (tertiary/aromatic N) is 1. The second kappa shape index (κ2) is 6.05. The lowest BCUT2D eigenvalue weighted by atomic mass is 10.2. The van der Waals surface area contributed by atoms with Crippen LogP contribution in [0.2, 0.25) is 10.0 Å². The van der Waals surface area contributed by atoms with Crippen molar-refractivity contribution in [3.63, 3.8) is 0 Å². The zero-order chi connectivity index (χ0) is 13.0. The molecule has 0 aliphatic heterocycles. The summed E-state index contributed by atoms with van der Waals surface area (Å²) in [5.41, 5.74) is 1.48. The highest BCUT2D eigenvalue weighted by Crippen LogP contribution is 2.24. The molecule has 2 aromatic rings.